The van der Waals surface area contributed by atoms with Crippen molar-refractivity contribution in [2.24, 2.45) is 12.8 Å². The summed E-state index contributed by atoms with van der Waals surface area (Å²) in [6.45, 7) is 4.10. The molecule has 6 aromatic rings. The molecule has 7 rings (SSSR count). The molecule has 0 bridgehead atoms. The number of fused-ring (bicyclic) bond motifs is 2. The van der Waals surface area contributed by atoms with Gasteiger partial charge in [-0.15, -0.1) is 0 Å². The van der Waals surface area contributed by atoms with Crippen molar-refractivity contribution in [1.82, 2.24) is 33.8 Å². The van der Waals surface area contributed by atoms with Crippen LogP contribution in [0.3, 0.4) is 0 Å². The molecule has 258 valence electrons. The second kappa shape index (κ2) is 12.6. The molecule has 15 heteroatoms. The first-order valence-corrected chi connectivity index (χ1v) is 17.7. The first-order chi connectivity index (χ1) is 24.0. The van der Waals surface area contributed by atoms with Crippen molar-refractivity contribution < 1.29 is 22.7 Å². The highest BCUT2D eigenvalue weighted by molar-refractivity contribution is 7.90. The van der Waals surface area contributed by atoms with E-state index in [2.05, 4.69) is 25.8 Å². The monoisotopic (exact) mass is 695 g/mol. The Hall–Kier alpha value is -5.70. The Kier molecular flexibility index (Phi) is 8.30. The number of nitrogens with two attached hydrogens (primary N) is 1. The summed E-state index contributed by atoms with van der Waals surface area (Å²) in [6.07, 6.45) is 7.77. The lowest BCUT2D eigenvalue weighted by Crippen LogP contribution is -2.33. The lowest BCUT2D eigenvalue weighted by molar-refractivity contribution is 0.100. The minimum absolute atomic E-state index is 0.0602. The number of hydrogen-bond donors (Lipinski definition) is 3. The van der Waals surface area contributed by atoms with Gasteiger partial charge in [-0.25, -0.2) is 22.2 Å². The van der Waals surface area contributed by atoms with Crippen molar-refractivity contribution in [3.05, 3.63) is 78.9 Å². The molecule has 0 radical (unpaired) electrons. The van der Waals surface area contributed by atoms with Crippen LogP contribution in [0.2, 0.25) is 0 Å². The van der Waals surface area contributed by atoms with Gasteiger partial charge in [-0.3, -0.25) is 14.2 Å². The second-order valence-electron chi connectivity index (χ2n) is 12.8. The van der Waals surface area contributed by atoms with E-state index in [4.69, 9.17) is 10.5 Å². The standard InChI is InChI=1S/C35H37N9O5S/c1-20(2)43-28-13-10-21(14-22(28)16-39-43)29-30-31(40-24-11-12-25(15-24)41-35(46)49-4)27(33(36)45)18-37-34(30)44(32(29)23-17-38-42(3)19-23)50(47,48)26-8-6-5-7-9-26/h5-10,13-14,16-20,24-25H,11-12,15H2,1-4H3,(H2,36,45)(H,37,40)(H,41,46)/t24-,25-/m1/s1. The molecule has 14 nitrogen and oxygen atoms in total. The number of aromatic nitrogens is 6. The highest BCUT2D eigenvalue weighted by Crippen LogP contribution is 2.47. The van der Waals surface area contributed by atoms with Gasteiger partial charge in [0.05, 0.1) is 52.2 Å². The summed E-state index contributed by atoms with van der Waals surface area (Å²) in [7, 11) is -1.21. The van der Waals surface area contributed by atoms with Crippen LogP contribution in [0, 0.1) is 0 Å². The zero-order valence-electron chi connectivity index (χ0n) is 28.0. The summed E-state index contributed by atoms with van der Waals surface area (Å²) in [5.74, 6) is -0.731. The Bertz CT molecular complexity index is 2380. The van der Waals surface area contributed by atoms with Gasteiger partial charge < -0.3 is 21.1 Å². The Morgan fingerprint density at radius 2 is 1.76 bits per heavy atom. The normalized spacial score (nSPS) is 16.3. The van der Waals surface area contributed by atoms with Crippen molar-refractivity contribution in [3.8, 4) is 22.4 Å². The molecular weight excluding hydrogens is 659 g/mol. The van der Waals surface area contributed by atoms with Crippen molar-refractivity contribution in [2.75, 3.05) is 12.4 Å². The van der Waals surface area contributed by atoms with Crippen LogP contribution >= 0.6 is 0 Å². The molecule has 1 saturated carbocycles. The van der Waals surface area contributed by atoms with E-state index in [1.807, 2.05) is 36.7 Å². The molecule has 0 aliphatic heterocycles. The third-order valence-corrected chi connectivity index (χ3v) is 10.8. The summed E-state index contributed by atoms with van der Waals surface area (Å²) in [5, 5.41) is 16.6. The average Bonchev–Trinajstić information content (AvgIpc) is 3.89. The minimum atomic E-state index is -4.28. The van der Waals surface area contributed by atoms with Gasteiger partial charge in [-0.1, -0.05) is 24.3 Å². The zero-order chi connectivity index (χ0) is 35.3. The third-order valence-electron chi connectivity index (χ3n) is 9.13. The van der Waals surface area contributed by atoms with Crippen LogP contribution in [0.1, 0.15) is 49.5 Å². The number of alkyl carbamates (subject to hydrolysis) is 1. The number of anilines is 1. The fourth-order valence-electron chi connectivity index (χ4n) is 6.87. The Morgan fingerprint density at radius 1 is 1.00 bits per heavy atom. The van der Waals surface area contributed by atoms with Gasteiger partial charge >= 0.3 is 6.09 Å². The Balaban J connectivity index is 1.56. The molecule has 0 unspecified atom stereocenters. The molecule has 50 heavy (non-hydrogen) atoms. The van der Waals surface area contributed by atoms with Gasteiger partial charge in [-0.05, 0) is 62.9 Å². The molecule has 2 aromatic carbocycles. The first kappa shape index (κ1) is 32.8. The molecule has 0 spiro atoms. The molecule has 4 aromatic heterocycles. The number of nitrogens with zero attached hydrogens (tertiary/aromatic N) is 6. The van der Waals surface area contributed by atoms with E-state index in [1.54, 1.807) is 48.5 Å². The summed E-state index contributed by atoms with van der Waals surface area (Å²) in [6, 6.07) is 13.7. The number of pyridine rings is 1. The van der Waals surface area contributed by atoms with Gasteiger partial charge in [0.15, 0.2) is 5.65 Å². The van der Waals surface area contributed by atoms with Crippen LogP contribution in [-0.2, 0) is 21.8 Å². The van der Waals surface area contributed by atoms with Gasteiger partial charge in [0, 0.05) is 54.1 Å². The van der Waals surface area contributed by atoms with E-state index in [1.165, 1.54) is 29.4 Å². The highest BCUT2D eigenvalue weighted by Gasteiger charge is 2.35. The quantitative estimate of drug-likeness (QED) is 0.186. The number of aryl methyl sites for hydroxylation is 1. The fraction of sp³-hybridized carbons (Fsp3) is 0.286. The van der Waals surface area contributed by atoms with Gasteiger partial charge in [0.25, 0.3) is 15.9 Å². The number of primary amides is 1. The molecule has 2 atom stereocenters. The van der Waals surface area contributed by atoms with Crippen LogP contribution in [0.25, 0.3) is 44.3 Å². The predicted molar refractivity (Wildman–Crippen MR) is 189 cm³/mol. The number of benzene rings is 2. The Morgan fingerprint density at radius 3 is 2.44 bits per heavy atom. The lowest BCUT2D eigenvalue weighted by atomic mass is 9.97. The van der Waals surface area contributed by atoms with E-state index < -0.39 is 22.0 Å². The second-order valence-corrected chi connectivity index (χ2v) is 14.5. The van der Waals surface area contributed by atoms with Crippen LogP contribution in [0.4, 0.5) is 10.5 Å². The number of methoxy groups -OCH3 is 1. The molecule has 1 aliphatic carbocycles. The number of amides is 2. The van der Waals surface area contributed by atoms with Crippen molar-refractivity contribution >= 4 is 49.6 Å². The lowest BCUT2D eigenvalue weighted by Gasteiger charge is -2.19. The summed E-state index contributed by atoms with van der Waals surface area (Å²) >= 11 is 0. The maximum atomic E-state index is 14.8. The van der Waals surface area contributed by atoms with Crippen molar-refractivity contribution in [1.29, 1.82) is 0 Å². The number of carbonyl (C=O) groups excluding carboxylic acids is 2. The van der Waals surface area contributed by atoms with E-state index in [9.17, 15) is 18.0 Å². The number of rotatable bonds is 9. The van der Waals surface area contributed by atoms with Crippen molar-refractivity contribution in [2.45, 2.75) is 56.1 Å². The van der Waals surface area contributed by atoms with E-state index in [0.717, 1.165) is 10.9 Å². The number of hydrogen-bond acceptors (Lipinski definition) is 9. The smallest absolute Gasteiger partial charge is 0.407 e. The summed E-state index contributed by atoms with van der Waals surface area (Å²) in [4.78, 5) is 29.8. The molecule has 1 aliphatic rings. The van der Waals surface area contributed by atoms with Gasteiger partial charge in [0.2, 0.25) is 0 Å². The minimum Gasteiger partial charge on any atom is -0.453 e. The fourth-order valence-corrected chi connectivity index (χ4v) is 8.38. The van der Waals surface area contributed by atoms with E-state index >= 15 is 0 Å². The molecule has 4 N–H and O–H groups in total. The average molecular weight is 696 g/mol. The topological polar surface area (TPSA) is 181 Å². The summed E-state index contributed by atoms with van der Waals surface area (Å²) in [5.41, 5.74) is 9.49. The van der Waals surface area contributed by atoms with E-state index in [-0.39, 0.29) is 34.2 Å². The largest absolute Gasteiger partial charge is 0.453 e. The first-order valence-electron chi connectivity index (χ1n) is 16.2. The zero-order valence-corrected chi connectivity index (χ0v) is 28.8. The number of nitrogens with one attached hydrogen (secondary N) is 2. The highest BCUT2D eigenvalue weighted by atomic mass is 32.2. The van der Waals surface area contributed by atoms with Gasteiger partial charge in [-0.2, -0.15) is 10.2 Å². The van der Waals surface area contributed by atoms with Crippen LogP contribution in [0.15, 0.2) is 78.2 Å². The van der Waals surface area contributed by atoms with Crippen LogP contribution in [-0.4, -0.2) is 68.1 Å². The summed E-state index contributed by atoms with van der Waals surface area (Å²) < 4.78 is 39.1. The SMILES string of the molecule is COC(=O)N[C@@H]1CC[C@@H](Nc2c(C(N)=O)cnc3c2c(-c2ccc4c(cnn4C(C)C)c2)c(-c2cnn(C)c2)n3S(=O)(=O)c2ccccc2)C1. The van der Waals surface area contributed by atoms with E-state index in [0.29, 0.717) is 52.7 Å². The van der Waals surface area contributed by atoms with Crippen molar-refractivity contribution in [3.63, 3.8) is 0 Å². The Labute approximate surface area is 288 Å². The maximum absolute atomic E-state index is 14.8. The third kappa shape index (κ3) is 5.62. The number of carbonyl (C=O) groups is 2. The molecule has 2 amide bonds. The van der Waals surface area contributed by atoms with Crippen LogP contribution in [0.5, 0.6) is 0 Å². The number of ether oxygens (including phenoxy) is 1. The molecular formula is C35H37N9O5S. The van der Waals surface area contributed by atoms with Crippen LogP contribution < -0.4 is 16.4 Å². The molecule has 4 heterocycles. The molecule has 1 fully saturated rings. The van der Waals surface area contributed by atoms with Gasteiger partial charge in [0.1, 0.15) is 0 Å². The maximum Gasteiger partial charge on any atom is 0.407 e. The predicted octanol–water partition coefficient (Wildman–Crippen LogP) is 5.06. The molecule has 0 saturated heterocycles.